The number of nitrogens with zero attached hydrogens (tertiary/aromatic N) is 3. The van der Waals surface area contributed by atoms with Crippen molar-refractivity contribution in [2.24, 2.45) is 12.8 Å². The summed E-state index contributed by atoms with van der Waals surface area (Å²) in [5, 5.41) is 5.78. The maximum absolute atomic E-state index is 12.4. The quantitative estimate of drug-likeness (QED) is 0.836. The molecule has 8 heteroatoms. The minimum atomic E-state index is -3.52. The molecule has 0 unspecified atom stereocenters. The lowest BCUT2D eigenvalue weighted by Gasteiger charge is -2.14. The third kappa shape index (κ3) is 3.71. The first-order chi connectivity index (χ1) is 9.93. The van der Waals surface area contributed by atoms with Crippen molar-refractivity contribution in [2.75, 3.05) is 13.6 Å². The molecule has 0 amide bonds. The van der Waals surface area contributed by atoms with E-state index in [0.717, 1.165) is 10.4 Å². The summed E-state index contributed by atoms with van der Waals surface area (Å²) in [5.74, 6) is 5.70. The fraction of sp³-hybridized carbons (Fsp3) is 0.308. The second-order valence-electron chi connectivity index (χ2n) is 4.42. The number of nitrogens with two attached hydrogens (primary N) is 1. The molecule has 0 saturated carbocycles. The number of hydrogen-bond donors (Lipinski definition) is 1. The zero-order valence-electron chi connectivity index (χ0n) is 11.8. The monoisotopic (exact) mass is 324 g/mol. The number of hydrogen-bond acceptors (Lipinski definition) is 5. The molecule has 0 atom stereocenters. The number of rotatable bonds is 4. The van der Waals surface area contributed by atoms with Gasteiger partial charge in [-0.25, -0.2) is 8.42 Å². The van der Waals surface area contributed by atoms with Gasteiger partial charge in [-0.2, -0.15) is 9.40 Å². The number of aryl methyl sites for hydroxylation is 1. The van der Waals surface area contributed by atoms with Crippen molar-refractivity contribution >= 4 is 21.4 Å². The summed E-state index contributed by atoms with van der Waals surface area (Å²) in [4.78, 5) is 1.11. The summed E-state index contributed by atoms with van der Waals surface area (Å²) >= 11 is 1.47. The number of aromatic nitrogens is 2. The highest BCUT2D eigenvalue weighted by Crippen LogP contribution is 2.20. The van der Waals surface area contributed by atoms with Gasteiger partial charge in [-0.3, -0.25) is 4.68 Å². The summed E-state index contributed by atoms with van der Waals surface area (Å²) in [6, 6.07) is 1.88. The van der Waals surface area contributed by atoms with E-state index in [1.165, 1.54) is 32.7 Å². The van der Waals surface area contributed by atoms with E-state index in [9.17, 15) is 8.42 Å². The molecule has 0 aliphatic heterocycles. The van der Waals surface area contributed by atoms with Crippen LogP contribution in [0.25, 0.3) is 0 Å². The van der Waals surface area contributed by atoms with Gasteiger partial charge in [-0.15, -0.1) is 11.3 Å². The van der Waals surface area contributed by atoms with E-state index in [0.29, 0.717) is 13.1 Å². The molecular formula is C13H16N4O2S2. The van der Waals surface area contributed by atoms with Crippen LogP contribution in [-0.4, -0.2) is 36.1 Å². The van der Waals surface area contributed by atoms with E-state index in [1.807, 2.05) is 11.4 Å². The number of thiophene rings is 1. The third-order valence-corrected chi connectivity index (χ3v) is 5.43. The van der Waals surface area contributed by atoms with E-state index in [4.69, 9.17) is 5.73 Å². The minimum Gasteiger partial charge on any atom is -0.320 e. The molecule has 2 heterocycles. The van der Waals surface area contributed by atoms with Crippen molar-refractivity contribution in [1.82, 2.24) is 14.1 Å². The van der Waals surface area contributed by atoms with E-state index < -0.39 is 10.0 Å². The Morgan fingerprint density at radius 3 is 2.90 bits per heavy atom. The van der Waals surface area contributed by atoms with Crippen LogP contribution < -0.4 is 5.73 Å². The first kappa shape index (κ1) is 15.7. The standard InChI is InChI=1S/C13H16N4O2S2/c1-16-9-13(7-15-16)21(18,19)17(2)8-12-6-11(10-20-12)4-3-5-14/h6-7,9-10H,5,8,14H2,1-2H3. The van der Waals surface area contributed by atoms with Crippen molar-refractivity contribution in [3.05, 3.63) is 34.3 Å². The first-order valence-electron chi connectivity index (χ1n) is 6.15. The normalized spacial score (nSPS) is 11.4. The van der Waals surface area contributed by atoms with Gasteiger partial charge in [-0.1, -0.05) is 11.8 Å². The van der Waals surface area contributed by atoms with Crippen LogP contribution in [0, 0.1) is 11.8 Å². The maximum Gasteiger partial charge on any atom is 0.246 e. The van der Waals surface area contributed by atoms with Crippen LogP contribution >= 0.6 is 11.3 Å². The Morgan fingerprint density at radius 1 is 1.52 bits per heavy atom. The zero-order valence-corrected chi connectivity index (χ0v) is 13.4. The Balaban J connectivity index is 2.14. The zero-order chi connectivity index (χ0) is 15.5. The molecule has 0 bridgehead atoms. The van der Waals surface area contributed by atoms with Gasteiger partial charge < -0.3 is 5.73 Å². The molecule has 2 rings (SSSR count). The van der Waals surface area contributed by atoms with Crippen molar-refractivity contribution < 1.29 is 8.42 Å². The molecule has 2 aromatic rings. The van der Waals surface area contributed by atoms with Gasteiger partial charge in [0.15, 0.2) is 0 Å². The highest BCUT2D eigenvalue weighted by molar-refractivity contribution is 7.89. The van der Waals surface area contributed by atoms with Crippen LogP contribution in [0.1, 0.15) is 10.4 Å². The average molecular weight is 324 g/mol. The molecule has 112 valence electrons. The summed E-state index contributed by atoms with van der Waals surface area (Å²) in [5.41, 5.74) is 6.18. The topological polar surface area (TPSA) is 81.2 Å². The summed E-state index contributed by atoms with van der Waals surface area (Å²) in [6.45, 7) is 0.604. The Labute approximate surface area is 128 Å². The lowest BCUT2D eigenvalue weighted by Crippen LogP contribution is -2.25. The molecule has 0 aromatic carbocycles. The van der Waals surface area contributed by atoms with Gasteiger partial charge in [0.25, 0.3) is 0 Å². The highest BCUT2D eigenvalue weighted by Gasteiger charge is 2.22. The second kappa shape index (κ2) is 6.41. The van der Waals surface area contributed by atoms with Crippen molar-refractivity contribution in [1.29, 1.82) is 0 Å². The average Bonchev–Trinajstić information content (AvgIpc) is 3.05. The molecule has 0 radical (unpaired) electrons. The van der Waals surface area contributed by atoms with E-state index in [-0.39, 0.29) is 4.90 Å². The molecule has 0 spiro atoms. The van der Waals surface area contributed by atoms with E-state index in [2.05, 4.69) is 16.9 Å². The fourth-order valence-electron chi connectivity index (χ4n) is 1.70. The van der Waals surface area contributed by atoms with E-state index >= 15 is 0 Å². The predicted octanol–water partition coefficient (Wildman–Crippen LogP) is 0.612. The highest BCUT2D eigenvalue weighted by atomic mass is 32.2. The predicted molar refractivity (Wildman–Crippen MR) is 82.1 cm³/mol. The van der Waals surface area contributed by atoms with Crippen LogP contribution in [0.3, 0.4) is 0 Å². The Hall–Kier alpha value is -1.66. The first-order valence-corrected chi connectivity index (χ1v) is 8.47. The van der Waals surface area contributed by atoms with Crippen LogP contribution in [0.2, 0.25) is 0 Å². The Bertz CT molecular complexity index is 780. The van der Waals surface area contributed by atoms with Gasteiger partial charge in [-0.05, 0) is 6.07 Å². The molecule has 0 saturated heterocycles. The largest absolute Gasteiger partial charge is 0.320 e. The second-order valence-corrected chi connectivity index (χ2v) is 7.46. The lowest BCUT2D eigenvalue weighted by atomic mass is 10.3. The molecule has 2 aromatic heterocycles. The van der Waals surface area contributed by atoms with Crippen LogP contribution in [-0.2, 0) is 23.6 Å². The van der Waals surface area contributed by atoms with Gasteiger partial charge in [0.1, 0.15) is 4.90 Å². The summed E-state index contributed by atoms with van der Waals surface area (Å²) in [7, 11) is -0.293. The third-order valence-electron chi connectivity index (χ3n) is 2.76. The molecule has 21 heavy (non-hydrogen) atoms. The van der Waals surface area contributed by atoms with Gasteiger partial charge >= 0.3 is 0 Å². The maximum atomic E-state index is 12.4. The molecule has 0 aliphatic carbocycles. The molecule has 6 nitrogen and oxygen atoms in total. The SMILES string of the molecule is CN(Cc1cc(C#CCN)cs1)S(=O)(=O)c1cnn(C)c1. The smallest absolute Gasteiger partial charge is 0.246 e. The molecule has 0 aliphatic rings. The summed E-state index contributed by atoms with van der Waals surface area (Å²) in [6.07, 6.45) is 2.83. The minimum absolute atomic E-state index is 0.187. The van der Waals surface area contributed by atoms with Gasteiger partial charge in [0.05, 0.1) is 12.7 Å². The Kier molecular flexibility index (Phi) is 4.80. The molecule has 2 N–H and O–H groups in total. The Morgan fingerprint density at radius 2 is 2.29 bits per heavy atom. The summed E-state index contributed by atoms with van der Waals surface area (Å²) < 4.78 is 27.5. The number of sulfonamides is 1. The fourth-order valence-corrected chi connectivity index (χ4v) is 3.78. The lowest BCUT2D eigenvalue weighted by molar-refractivity contribution is 0.469. The van der Waals surface area contributed by atoms with Crippen LogP contribution in [0.4, 0.5) is 0 Å². The van der Waals surface area contributed by atoms with Crippen LogP contribution in [0.5, 0.6) is 0 Å². The van der Waals surface area contributed by atoms with Gasteiger partial charge in [0.2, 0.25) is 10.0 Å². The van der Waals surface area contributed by atoms with Gasteiger partial charge in [0, 0.05) is 42.7 Å². The van der Waals surface area contributed by atoms with E-state index in [1.54, 1.807) is 14.1 Å². The van der Waals surface area contributed by atoms with Crippen molar-refractivity contribution in [3.8, 4) is 11.8 Å². The van der Waals surface area contributed by atoms with Crippen molar-refractivity contribution in [2.45, 2.75) is 11.4 Å². The molecular weight excluding hydrogens is 308 g/mol. The van der Waals surface area contributed by atoms with Crippen molar-refractivity contribution in [3.63, 3.8) is 0 Å². The molecule has 0 fully saturated rings. The van der Waals surface area contributed by atoms with Crippen LogP contribution in [0.15, 0.2) is 28.7 Å².